The fraction of sp³-hybridized carbons (Fsp3) is 0.250. The van der Waals surface area contributed by atoms with E-state index < -0.39 is 35.0 Å². The number of nitrogens with one attached hydrogen (secondary N) is 1. The molecule has 1 aliphatic heterocycles. The number of rotatable bonds is 6. The Bertz CT molecular complexity index is 1240. The van der Waals surface area contributed by atoms with E-state index in [1.165, 1.54) is 52.0 Å². The number of esters is 1. The molecule has 0 unspecified atom stereocenters. The van der Waals surface area contributed by atoms with Crippen molar-refractivity contribution in [3.8, 4) is 0 Å². The number of nitrogens with zero attached hydrogens (tertiary/aromatic N) is 3. The SMILES string of the molecule is CCOC(=O)c1cc2n(n1)C[C@@](C)(C(=O)NCc1ccc(F)cc1)N(c1ccc(F)cc1)C2=O. The summed E-state index contributed by atoms with van der Waals surface area (Å²) in [6.45, 7) is 3.38. The summed E-state index contributed by atoms with van der Waals surface area (Å²) < 4.78 is 33.0. The highest BCUT2D eigenvalue weighted by Gasteiger charge is 2.49. The molecule has 0 saturated carbocycles. The van der Waals surface area contributed by atoms with Gasteiger partial charge < -0.3 is 10.1 Å². The van der Waals surface area contributed by atoms with Gasteiger partial charge in [-0.05, 0) is 55.8 Å². The zero-order valence-corrected chi connectivity index (χ0v) is 18.5. The van der Waals surface area contributed by atoms with Crippen LogP contribution in [0.4, 0.5) is 14.5 Å². The van der Waals surface area contributed by atoms with Crippen LogP contribution < -0.4 is 10.2 Å². The quantitative estimate of drug-likeness (QED) is 0.562. The zero-order valence-electron chi connectivity index (χ0n) is 18.5. The summed E-state index contributed by atoms with van der Waals surface area (Å²) in [5.74, 6) is -2.67. The second kappa shape index (κ2) is 9.05. The van der Waals surface area contributed by atoms with Crippen LogP contribution in [0.5, 0.6) is 0 Å². The number of amides is 2. The zero-order chi connectivity index (χ0) is 24.5. The number of anilines is 1. The summed E-state index contributed by atoms with van der Waals surface area (Å²) in [6, 6.07) is 12.1. The van der Waals surface area contributed by atoms with Crippen LogP contribution in [0.3, 0.4) is 0 Å². The van der Waals surface area contributed by atoms with E-state index in [1.54, 1.807) is 26.0 Å². The van der Waals surface area contributed by atoms with E-state index in [4.69, 9.17) is 4.74 Å². The van der Waals surface area contributed by atoms with Crippen LogP contribution in [-0.2, 0) is 22.6 Å². The van der Waals surface area contributed by atoms with Crippen LogP contribution in [0.25, 0.3) is 0 Å². The van der Waals surface area contributed by atoms with Crippen molar-refractivity contribution in [3.05, 3.63) is 83.2 Å². The van der Waals surface area contributed by atoms with Gasteiger partial charge in [0, 0.05) is 18.3 Å². The van der Waals surface area contributed by atoms with Crippen molar-refractivity contribution < 1.29 is 27.9 Å². The third-order valence-corrected chi connectivity index (χ3v) is 5.58. The van der Waals surface area contributed by atoms with Gasteiger partial charge in [0.05, 0.1) is 13.2 Å². The van der Waals surface area contributed by atoms with Crippen LogP contribution in [-0.4, -0.2) is 39.7 Å². The first-order valence-electron chi connectivity index (χ1n) is 10.6. The van der Waals surface area contributed by atoms with Gasteiger partial charge in [-0.1, -0.05) is 12.1 Å². The molecular formula is C24H22F2N4O4. The van der Waals surface area contributed by atoms with Gasteiger partial charge >= 0.3 is 5.97 Å². The van der Waals surface area contributed by atoms with Crippen molar-refractivity contribution in [1.82, 2.24) is 15.1 Å². The van der Waals surface area contributed by atoms with Gasteiger partial charge in [0.15, 0.2) is 5.69 Å². The molecule has 1 N–H and O–H groups in total. The second-order valence-electron chi connectivity index (χ2n) is 7.99. The molecule has 0 spiro atoms. The summed E-state index contributed by atoms with van der Waals surface area (Å²) in [7, 11) is 0. The highest BCUT2D eigenvalue weighted by molar-refractivity contribution is 6.12. The maximum absolute atomic E-state index is 13.6. The fourth-order valence-corrected chi connectivity index (χ4v) is 3.86. The van der Waals surface area contributed by atoms with Crippen molar-refractivity contribution in [1.29, 1.82) is 0 Å². The number of halogens is 2. The Morgan fingerprint density at radius 1 is 1.09 bits per heavy atom. The molecule has 0 bridgehead atoms. The number of hydrogen-bond donors (Lipinski definition) is 1. The van der Waals surface area contributed by atoms with Gasteiger partial charge in [0.2, 0.25) is 5.91 Å². The monoisotopic (exact) mass is 468 g/mol. The molecule has 1 atom stereocenters. The van der Waals surface area contributed by atoms with E-state index in [-0.39, 0.29) is 31.1 Å². The summed E-state index contributed by atoms with van der Waals surface area (Å²) in [4.78, 5) is 40.4. The normalized spacial score (nSPS) is 17.3. The number of ether oxygens (including phenoxy) is 1. The molecule has 8 nitrogen and oxygen atoms in total. The van der Waals surface area contributed by atoms with E-state index in [0.717, 1.165) is 0 Å². The van der Waals surface area contributed by atoms with Gasteiger partial charge in [-0.2, -0.15) is 5.10 Å². The average molecular weight is 468 g/mol. The number of carbonyl (C=O) groups is 3. The molecule has 0 aliphatic carbocycles. The Kier molecular flexibility index (Phi) is 6.14. The second-order valence-corrected chi connectivity index (χ2v) is 7.99. The fourth-order valence-electron chi connectivity index (χ4n) is 3.86. The molecule has 0 fully saturated rings. The van der Waals surface area contributed by atoms with Crippen LogP contribution >= 0.6 is 0 Å². The number of fused-ring (bicyclic) bond motifs is 1. The van der Waals surface area contributed by atoms with Crippen LogP contribution in [0.2, 0.25) is 0 Å². The lowest BCUT2D eigenvalue weighted by atomic mass is 9.94. The van der Waals surface area contributed by atoms with E-state index in [0.29, 0.717) is 11.3 Å². The predicted octanol–water partition coefficient (Wildman–Crippen LogP) is 3.07. The van der Waals surface area contributed by atoms with Gasteiger partial charge in [-0.25, -0.2) is 13.6 Å². The first-order chi connectivity index (χ1) is 16.2. The molecule has 1 aromatic heterocycles. The predicted molar refractivity (Wildman–Crippen MR) is 118 cm³/mol. The molecule has 2 amide bonds. The summed E-state index contributed by atoms with van der Waals surface area (Å²) >= 11 is 0. The number of carbonyl (C=O) groups excluding carboxylic acids is 3. The maximum atomic E-state index is 13.6. The molecule has 1 aliphatic rings. The van der Waals surface area contributed by atoms with Crippen molar-refractivity contribution in [2.45, 2.75) is 32.5 Å². The third kappa shape index (κ3) is 4.26. The smallest absolute Gasteiger partial charge is 0.358 e. The Labute approximate surface area is 194 Å². The lowest BCUT2D eigenvalue weighted by molar-refractivity contribution is -0.126. The molecule has 0 radical (unpaired) electrons. The lowest BCUT2D eigenvalue weighted by Crippen LogP contribution is -2.64. The third-order valence-electron chi connectivity index (χ3n) is 5.58. The first-order valence-corrected chi connectivity index (χ1v) is 10.6. The van der Waals surface area contributed by atoms with Gasteiger partial charge in [-0.3, -0.25) is 19.2 Å². The Balaban J connectivity index is 1.70. The number of hydrogen-bond acceptors (Lipinski definition) is 5. The summed E-state index contributed by atoms with van der Waals surface area (Å²) in [6.07, 6.45) is 0. The van der Waals surface area contributed by atoms with Crippen molar-refractivity contribution in [3.63, 3.8) is 0 Å². The van der Waals surface area contributed by atoms with E-state index in [2.05, 4.69) is 10.4 Å². The topological polar surface area (TPSA) is 93.5 Å². The largest absolute Gasteiger partial charge is 0.461 e. The minimum Gasteiger partial charge on any atom is -0.461 e. The van der Waals surface area contributed by atoms with Gasteiger partial charge in [-0.15, -0.1) is 0 Å². The van der Waals surface area contributed by atoms with Gasteiger partial charge in [0.25, 0.3) is 5.91 Å². The van der Waals surface area contributed by atoms with E-state index in [9.17, 15) is 23.2 Å². The number of aromatic nitrogens is 2. The Hall–Kier alpha value is -4.08. The molecule has 3 aromatic rings. The molecule has 10 heteroatoms. The Morgan fingerprint density at radius 3 is 2.32 bits per heavy atom. The van der Waals surface area contributed by atoms with Gasteiger partial charge in [0.1, 0.15) is 22.9 Å². The average Bonchev–Trinajstić information content (AvgIpc) is 3.24. The first kappa shape index (κ1) is 23.1. The lowest BCUT2D eigenvalue weighted by Gasteiger charge is -2.43. The van der Waals surface area contributed by atoms with Crippen molar-refractivity contribution in [2.24, 2.45) is 0 Å². The van der Waals surface area contributed by atoms with Crippen molar-refractivity contribution in [2.75, 3.05) is 11.5 Å². The van der Waals surface area contributed by atoms with E-state index in [1.807, 2.05) is 0 Å². The summed E-state index contributed by atoms with van der Waals surface area (Å²) in [5, 5.41) is 6.96. The Morgan fingerprint density at radius 2 is 1.71 bits per heavy atom. The standard InChI is InChI=1S/C24H22F2N4O4/c1-3-34-22(32)19-12-20-21(31)30(18-10-8-17(26)9-11-18)24(2,14-29(20)28-19)23(33)27-13-15-4-6-16(25)7-5-15/h4-12H,3,13-14H2,1-2H3,(H,27,33)/t24-/m0/s1. The molecular weight excluding hydrogens is 446 g/mol. The minimum atomic E-state index is -1.47. The van der Waals surface area contributed by atoms with E-state index >= 15 is 0 Å². The van der Waals surface area contributed by atoms with Crippen LogP contribution in [0, 0.1) is 11.6 Å². The highest BCUT2D eigenvalue weighted by atomic mass is 19.1. The summed E-state index contributed by atoms with van der Waals surface area (Å²) in [5.41, 5.74) is -0.467. The molecule has 0 saturated heterocycles. The highest BCUT2D eigenvalue weighted by Crippen LogP contribution is 2.33. The molecule has 2 heterocycles. The number of benzene rings is 2. The minimum absolute atomic E-state index is 0.0553. The molecule has 4 rings (SSSR count). The molecule has 34 heavy (non-hydrogen) atoms. The van der Waals surface area contributed by atoms with Crippen LogP contribution in [0.1, 0.15) is 40.4 Å². The molecule has 2 aromatic carbocycles. The van der Waals surface area contributed by atoms with Crippen LogP contribution in [0.15, 0.2) is 54.6 Å². The molecule has 176 valence electrons. The maximum Gasteiger partial charge on any atom is 0.358 e. The van der Waals surface area contributed by atoms with Crippen molar-refractivity contribution >= 4 is 23.5 Å².